The van der Waals surface area contributed by atoms with Crippen LogP contribution in [-0.2, 0) is 4.74 Å². The van der Waals surface area contributed by atoms with Crippen LogP contribution in [0.2, 0.25) is 0 Å². The van der Waals surface area contributed by atoms with Gasteiger partial charge >= 0.3 is 5.97 Å². The molecule has 1 aromatic carbocycles. The summed E-state index contributed by atoms with van der Waals surface area (Å²) in [4.78, 5) is 30.0. The van der Waals surface area contributed by atoms with E-state index >= 15 is 0 Å². The largest absolute Gasteiger partial charge is 0.460 e. The highest BCUT2D eigenvalue weighted by Crippen LogP contribution is 2.24. The van der Waals surface area contributed by atoms with Crippen molar-refractivity contribution >= 4 is 28.0 Å². The molecule has 1 N–H and O–H groups in total. The molecule has 0 bridgehead atoms. The van der Waals surface area contributed by atoms with Gasteiger partial charge in [-0.1, -0.05) is 12.1 Å². The van der Waals surface area contributed by atoms with Crippen molar-refractivity contribution in [2.24, 2.45) is 0 Å². The monoisotopic (exact) mass is 258 g/mol. The minimum absolute atomic E-state index is 0.106. The van der Waals surface area contributed by atoms with Crippen molar-refractivity contribution in [3.8, 4) is 0 Å². The predicted octanol–water partition coefficient (Wildman–Crippen LogP) is 1.85. The van der Waals surface area contributed by atoms with Crippen LogP contribution in [0.15, 0.2) is 33.5 Å². The molecule has 2 heterocycles. The Bertz CT molecular complexity index is 831. The van der Waals surface area contributed by atoms with Gasteiger partial charge in [-0.05, 0) is 19.1 Å². The van der Waals surface area contributed by atoms with Crippen molar-refractivity contribution in [3.63, 3.8) is 0 Å². The number of benzene rings is 1. The van der Waals surface area contributed by atoms with E-state index in [2.05, 4.69) is 9.97 Å². The Kier molecular flexibility index (Phi) is 2.56. The third kappa shape index (κ3) is 1.77. The maximum Gasteiger partial charge on any atom is 0.374 e. The van der Waals surface area contributed by atoms with Gasteiger partial charge < -0.3 is 9.15 Å². The molecule has 0 saturated heterocycles. The summed E-state index contributed by atoms with van der Waals surface area (Å²) < 4.78 is 10.2. The fourth-order valence-electron chi connectivity index (χ4n) is 1.90. The van der Waals surface area contributed by atoms with Gasteiger partial charge in [-0.15, -0.1) is 0 Å². The SMILES string of the molecule is CCOC(=O)c1nc2c(oc3ccccc32)c(=O)[nH]1. The number of hydrogen-bond donors (Lipinski definition) is 1. The molecule has 3 rings (SSSR count). The van der Waals surface area contributed by atoms with Gasteiger partial charge in [-0.3, -0.25) is 9.78 Å². The maximum atomic E-state index is 11.9. The van der Waals surface area contributed by atoms with E-state index in [1.807, 2.05) is 6.07 Å². The molecule has 3 aromatic rings. The second-order valence-corrected chi connectivity index (χ2v) is 3.91. The number of rotatable bonds is 2. The Labute approximate surface area is 107 Å². The number of fused-ring (bicyclic) bond motifs is 3. The van der Waals surface area contributed by atoms with Gasteiger partial charge in [0.2, 0.25) is 11.4 Å². The van der Waals surface area contributed by atoms with Crippen LogP contribution in [0, 0.1) is 0 Å². The highest BCUT2D eigenvalue weighted by molar-refractivity contribution is 6.03. The van der Waals surface area contributed by atoms with Gasteiger partial charge in [0.1, 0.15) is 11.1 Å². The van der Waals surface area contributed by atoms with Crippen molar-refractivity contribution in [1.82, 2.24) is 9.97 Å². The number of carbonyl (C=O) groups excluding carboxylic acids is 1. The molecule has 0 amide bonds. The highest BCUT2D eigenvalue weighted by Gasteiger charge is 2.16. The molecule has 19 heavy (non-hydrogen) atoms. The van der Waals surface area contributed by atoms with Gasteiger partial charge in [0.15, 0.2) is 0 Å². The second-order valence-electron chi connectivity index (χ2n) is 3.91. The molecule has 0 aliphatic rings. The lowest BCUT2D eigenvalue weighted by molar-refractivity contribution is 0.0512. The number of aromatic nitrogens is 2. The average molecular weight is 258 g/mol. The van der Waals surface area contributed by atoms with Crippen molar-refractivity contribution in [1.29, 1.82) is 0 Å². The third-order valence-corrected chi connectivity index (χ3v) is 2.70. The Morgan fingerprint density at radius 1 is 1.42 bits per heavy atom. The molecule has 0 saturated carbocycles. The average Bonchev–Trinajstić information content (AvgIpc) is 2.78. The van der Waals surface area contributed by atoms with E-state index in [1.54, 1.807) is 25.1 Å². The topological polar surface area (TPSA) is 85.2 Å². The zero-order chi connectivity index (χ0) is 13.4. The van der Waals surface area contributed by atoms with Crippen LogP contribution in [0.3, 0.4) is 0 Å². The van der Waals surface area contributed by atoms with E-state index in [-0.39, 0.29) is 18.0 Å². The maximum absolute atomic E-state index is 11.9. The molecule has 0 aliphatic heterocycles. The van der Waals surface area contributed by atoms with Gasteiger partial charge in [0.05, 0.1) is 6.61 Å². The van der Waals surface area contributed by atoms with Crippen LogP contribution < -0.4 is 5.56 Å². The summed E-state index contributed by atoms with van der Waals surface area (Å²) in [5, 5.41) is 0.689. The number of carbonyl (C=O) groups is 1. The molecule has 0 fully saturated rings. The summed E-state index contributed by atoms with van der Waals surface area (Å²) in [5.74, 6) is -0.780. The minimum Gasteiger partial charge on any atom is -0.460 e. The fraction of sp³-hybridized carbons (Fsp3) is 0.154. The first-order chi connectivity index (χ1) is 9.20. The molecule has 0 atom stereocenters. The lowest BCUT2D eigenvalue weighted by Crippen LogP contribution is -2.17. The zero-order valence-electron chi connectivity index (χ0n) is 10.1. The van der Waals surface area contributed by atoms with Crippen LogP contribution in [-0.4, -0.2) is 22.5 Å². The first kappa shape index (κ1) is 11.5. The van der Waals surface area contributed by atoms with Crippen molar-refractivity contribution in [2.45, 2.75) is 6.92 Å². The Balaban J connectivity index is 2.32. The van der Waals surface area contributed by atoms with E-state index in [0.29, 0.717) is 16.5 Å². The third-order valence-electron chi connectivity index (χ3n) is 2.70. The molecule has 0 aliphatic carbocycles. The molecule has 96 valence electrons. The molecule has 0 spiro atoms. The number of para-hydroxylation sites is 1. The quantitative estimate of drug-likeness (QED) is 0.709. The lowest BCUT2D eigenvalue weighted by Gasteiger charge is -1.99. The van der Waals surface area contributed by atoms with Crippen molar-refractivity contribution in [2.75, 3.05) is 6.61 Å². The van der Waals surface area contributed by atoms with Gasteiger partial charge in [-0.2, -0.15) is 0 Å². The zero-order valence-corrected chi connectivity index (χ0v) is 10.1. The van der Waals surface area contributed by atoms with Crippen molar-refractivity contribution < 1.29 is 13.9 Å². The normalized spacial score (nSPS) is 11.0. The standard InChI is InChI=1S/C13H10N2O4/c1-2-18-13(17)11-14-9-7-5-3-4-6-8(7)19-10(9)12(16)15-11/h3-6H,2H2,1H3,(H,14,15,16). The summed E-state index contributed by atoms with van der Waals surface area (Å²) in [6.45, 7) is 1.90. The lowest BCUT2D eigenvalue weighted by atomic mass is 10.2. The summed E-state index contributed by atoms with van der Waals surface area (Å²) >= 11 is 0. The van der Waals surface area contributed by atoms with E-state index in [0.717, 1.165) is 0 Å². The molecule has 6 heteroatoms. The Hall–Kier alpha value is -2.63. The van der Waals surface area contributed by atoms with Crippen LogP contribution >= 0.6 is 0 Å². The molecule has 6 nitrogen and oxygen atoms in total. The second kappa shape index (κ2) is 4.24. The van der Waals surface area contributed by atoms with E-state index in [9.17, 15) is 9.59 Å². The first-order valence-electron chi connectivity index (χ1n) is 5.79. The molecular weight excluding hydrogens is 248 g/mol. The number of furan rings is 1. The van der Waals surface area contributed by atoms with Crippen LogP contribution in [0.4, 0.5) is 0 Å². The van der Waals surface area contributed by atoms with Gasteiger partial charge in [0.25, 0.3) is 5.56 Å². The van der Waals surface area contributed by atoms with E-state index in [1.165, 1.54) is 0 Å². The number of esters is 1. The summed E-state index contributed by atoms with van der Waals surface area (Å²) in [6.07, 6.45) is 0. The molecule has 2 aromatic heterocycles. The number of hydrogen-bond acceptors (Lipinski definition) is 5. The van der Waals surface area contributed by atoms with Crippen LogP contribution in [0.25, 0.3) is 22.1 Å². The summed E-state index contributed by atoms with van der Waals surface area (Å²) in [7, 11) is 0. The Morgan fingerprint density at radius 2 is 2.21 bits per heavy atom. The van der Waals surface area contributed by atoms with Crippen LogP contribution in [0.1, 0.15) is 17.5 Å². The number of aromatic amines is 1. The number of nitrogens with one attached hydrogen (secondary N) is 1. The van der Waals surface area contributed by atoms with E-state index in [4.69, 9.17) is 9.15 Å². The summed E-state index contributed by atoms with van der Waals surface area (Å²) in [6, 6.07) is 7.12. The number of ether oxygens (including phenoxy) is 1. The molecule has 0 radical (unpaired) electrons. The molecule has 0 unspecified atom stereocenters. The van der Waals surface area contributed by atoms with Crippen molar-refractivity contribution in [3.05, 3.63) is 40.4 Å². The van der Waals surface area contributed by atoms with Gasteiger partial charge in [-0.25, -0.2) is 9.78 Å². The predicted molar refractivity (Wildman–Crippen MR) is 68.1 cm³/mol. The summed E-state index contributed by atoms with van der Waals surface area (Å²) in [5.41, 5.74) is 0.525. The smallest absolute Gasteiger partial charge is 0.374 e. The van der Waals surface area contributed by atoms with Gasteiger partial charge in [0, 0.05) is 5.39 Å². The van der Waals surface area contributed by atoms with E-state index < -0.39 is 11.5 Å². The first-order valence-corrected chi connectivity index (χ1v) is 5.79. The number of nitrogens with zero attached hydrogens (tertiary/aromatic N) is 1. The highest BCUT2D eigenvalue weighted by atomic mass is 16.5. The van der Waals surface area contributed by atoms with Crippen LogP contribution in [0.5, 0.6) is 0 Å². The Morgan fingerprint density at radius 3 is 3.00 bits per heavy atom. The fourth-order valence-corrected chi connectivity index (χ4v) is 1.90. The molecular formula is C13H10N2O4. The minimum atomic E-state index is -0.660. The number of H-pyrrole nitrogens is 1.